The highest BCUT2D eigenvalue weighted by Crippen LogP contribution is 2.15. The van der Waals surface area contributed by atoms with Gasteiger partial charge in [-0.3, -0.25) is 0 Å². The fourth-order valence-electron chi connectivity index (χ4n) is 2.21. The molecule has 0 aliphatic heterocycles. The van der Waals surface area contributed by atoms with Crippen LogP contribution in [0.1, 0.15) is 27.8 Å². The lowest BCUT2D eigenvalue weighted by atomic mass is 9.99. The number of hydrogen-bond acceptors (Lipinski definition) is 1. The van der Waals surface area contributed by atoms with Crippen LogP contribution in [0.25, 0.3) is 0 Å². The van der Waals surface area contributed by atoms with Gasteiger partial charge in [0.2, 0.25) is 0 Å². The van der Waals surface area contributed by atoms with Gasteiger partial charge in [-0.15, -0.1) is 0 Å². The Labute approximate surface area is 110 Å². The molecule has 0 spiro atoms. The molecule has 0 heterocycles. The van der Waals surface area contributed by atoms with Crippen molar-refractivity contribution in [2.45, 2.75) is 26.7 Å². The first-order valence-corrected chi connectivity index (χ1v) is 6.53. The Morgan fingerprint density at radius 2 is 1.56 bits per heavy atom. The first-order valence-electron chi connectivity index (χ1n) is 6.53. The van der Waals surface area contributed by atoms with E-state index in [2.05, 4.69) is 56.3 Å². The van der Waals surface area contributed by atoms with E-state index >= 15 is 0 Å². The van der Waals surface area contributed by atoms with Gasteiger partial charge in [0, 0.05) is 0 Å². The maximum Gasteiger partial charge on any atom is -0.00256 e. The standard InChI is InChI=1S/C17H21N/c1-13-6-7-17(10-14(13)2)12-16-5-3-4-15(11-16)8-9-18/h3-7,10-11H,8-9,12,18H2,1-2H3. The molecular formula is C17H21N. The number of nitrogens with two attached hydrogens (primary N) is 1. The zero-order valence-electron chi connectivity index (χ0n) is 11.2. The second-order valence-corrected chi connectivity index (χ2v) is 4.95. The maximum absolute atomic E-state index is 5.60. The Morgan fingerprint density at radius 3 is 2.28 bits per heavy atom. The molecule has 0 fully saturated rings. The second kappa shape index (κ2) is 5.83. The Kier molecular flexibility index (Phi) is 4.16. The zero-order chi connectivity index (χ0) is 13.0. The largest absolute Gasteiger partial charge is 0.330 e. The first-order chi connectivity index (χ1) is 8.69. The summed E-state index contributed by atoms with van der Waals surface area (Å²) in [5.74, 6) is 0. The summed E-state index contributed by atoms with van der Waals surface area (Å²) in [7, 11) is 0. The molecule has 0 aromatic heterocycles. The molecular weight excluding hydrogens is 218 g/mol. The number of rotatable bonds is 4. The van der Waals surface area contributed by atoms with E-state index in [0.717, 1.165) is 12.8 Å². The van der Waals surface area contributed by atoms with Crippen LogP contribution in [0.2, 0.25) is 0 Å². The van der Waals surface area contributed by atoms with Crippen LogP contribution < -0.4 is 5.73 Å². The van der Waals surface area contributed by atoms with Gasteiger partial charge in [-0.1, -0.05) is 42.5 Å². The van der Waals surface area contributed by atoms with E-state index in [1.807, 2.05) is 0 Å². The summed E-state index contributed by atoms with van der Waals surface area (Å²) in [5.41, 5.74) is 12.4. The van der Waals surface area contributed by atoms with Crippen LogP contribution in [0.3, 0.4) is 0 Å². The molecule has 1 nitrogen and oxygen atoms in total. The predicted molar refractivity (Wildman–Crippen MR) is 77.9 cm³/mol. The molecule has 94 valence electrons. The van der Waals surface area contributed by atoms with Crippen LogP contribution in [0.4, 0.5) is 0 Å². The van der Waals surface area contributed by atoms with Crippen LogP contribution in [0.5, 0.6) is 0 Å². The number of aryl methyl sites for hydroxylation is 2. The van der Waals surface area contributed by atoms with Gasteiger partial charge < -0.3 is 5.73 Å². The molecule has 0 radical (unpaired) electrons. The molecule has 0 saturated heterocycles. The molecule has 0 atom stereocenters. The summed E-state index contributed by atoms with van der Waals surface area (Å²) in [6.07, 6.45) is 1.96. The van der Waals surface area contributed by atoms with Gasteiger partial charge in [-0.05, 0) is 61.1 Å². The van der Waals surface area contributed by atoms with Crippen molar-refractivity contribution in [2.24, 2.45) is 5.73 Å². The average molecular weight is 239 g/mol. The summed E-state index contributed by atoms with van der Waals surface area (Å²) in [6.45, 7) is 5.04. The van der Waals surface area contributed by atoms with E-state index in [4.69, 9.17) is 5.73 Å². The highest BCUT2D eigenvalue weighted by atomic mass is 14.5. The molecule has 0 amide bonds. The van der Waals surface area contributed by atoms with Crippen molar-refractivity contribution in [1.29, 1.82) is 0 Å². The van der Waals surface area contributed by atoms with Gasteiger partial charge in [0.15, 0.2) is 0 Å². The molecule has 0 saturated carbocycles. The van der Waals surface area contributed by atoms with E-state index in [-0.39, 0.29) is 0 Å². The summed E-state index contributed by atoms with van der Waals surface area (Å²) in [4.78, 5) is 0. The molecule has 0 bridgehead atoms. The van der Waals surface area contributed by atoms with Crippen LogP contribution in [-0.2, 0) is 12.8 Å². The Morgan fingerprint density at radius 1 is 0.833 bits per heavy atom. The van der Waals surface area contributed by atoms with E-state index < -0.39 is 0 Å². The van der Waals surface area contributed by atoms with Crippen molar-refractivity contribution in [3.8, 4) is 0 Å². The lowest BCUT2D eigenvalue weighted by Crippen LogP contribution is -2.03. The lowest BCUT2D eigenvalue weighted by Gasteiger charge is -2.07. The monoisotopic (exact) mass is 239 g/mol. The zero-order valence-corrected chi connectivity index (χ0v) is 11.2. The molecule has 0 aliphatic rings. The minimum atomic E-state index is 0.715. The molecule has 2 aromatic rings. The van der Waals surface area contributed by atoms with Crippen molar-refractivity contribution in [1.82, 2.24) is 0 Å². The van der Waals surface area contributed by atoms with E-state index in [1.54, 1.807) is 0 Å². The summed E-state index contributed by atoms with van der Waals surface area (Å²) < 4.78 is 0. The summed E-state index contributed by atoms with van der Waals surface area (Å²) in [6, 6.07) is 15.4. The highest BCUT2D eigenvalue weighted by Gasteiger charge is 2.00. The van der Waals surface area contributed by atoms with Gasteiger partial charge in [0.1, 0.15) is 0 Å². The minimum absolute atomic E-state index is 0.715. The smallest absolute Gasteiger partial charge is 0.00256 e. The minimum Gasteiger partial charge on any atom is -0.330 e. The van der Waals surface area contributed by atoms with E-state index in [1.165, 1.54) is 27.8 Å². The van der Waals surface area contributed by atoms with Crippen molar-refractivity contribution >= 4 is 0 Å². The van der Waals surface area contributed by atoms with Gasteiger partial charge in [0.05, 0.1) is 0 Å². The van der Waals surface area contributed by atoms with Crippen molar-refractivity contribution in [3.05, 3.63) is 70.3 Å². The molecule has 0 unspecified atom stereocenters. The molecule has 2 rings (SSSR count). The van der Waals surface area contributed by atoms with Crippen LogP contribution >= 0.6 is 0 Å². The first kappa shape index (κ1) is 12.8. The highest BCUT2D eigenvalue weighted by molar-refractivity contribution is 5.34. The second-order valence-electron chi connectivity index (χ2n) is 4.95. The molecule has 1 heteroatoms. The Balaban J connectivity index is 2.17. The van der Waals surface area contributed by atoms with Crippen molar-refractivity contribution in [2.75, 3.05) is 6.54 Å². The number of benzene rings is 2. The maximum atomic E-state index is 5.60. The normalized spacial score (nSPS) is 10.6. The molecule has 2 aromatic carbocycles. The third-order valence-corrected chi connectivity index (χ3v) is 3.40. The predicted octanol–water partition coefficient (Wildman–Crippen LogP) is 3.40. The van der Waals surface area contributed by atoms with Gasteiger partial charge in [-0.2, -0.15) is 0 Å². The quantitative estimate of drug-likeness (QED) is 0.869. The summed E-state index contributed by atoms with van der Waals surface area (Å²) in [5, 5.41) is 0. The van der Waals surface area contributed by atoms with Gasteiger partial charge in [-0.25, -0.2) is 0 Å². The molecule has 18 heavy (non-hydrogen) atoms. The molecule has 0 aliphatic carbocycles. The van der Waals surface area contributed by atoms with Gasteiger partial charge in [0.25, 0.3) is 0 Å². The lowest BCUT2D eigenvalue weighted by molar-refractivity contribution is 0.964. The third kappa shape index (κ3) is 3.21. The van der Waals surface area contributed by atoms with Crippen LogP contribution in [-0.4, -0.2) is 6.54 Å². The average Bonchev–Trinajstić information content (AvgIpc) is 2.35. The third-order valence-electron chi connectivity index (χ3n) is 3.40. The fourth-order valence-corrected chi connectivity index (χ4v) is 2.21. The fraction of sp³-hybridized carbons (Fsp3) is 0.294. The Bertz CT molecular complexity index is 529. The van der Waals surface area contributed by atoms with Crippen LogP contribution in [0.15, 0.2) is 42.5 Å². The Hall–Kier alpha value is -1.60. The molecule has 2 N–H and O–H groups in total. The topological polar surface area (TPSA) is 26.0 Å². The number of hydrogen-bond donors (Lipinski definition) is 1. The summed E-state index contributed by atoms with van der Waals surface area (Å²) >= 11 is 0. The SMILES string of the molecule is Cc1ccc(Cc2cccc(CCN)c2)cc1C. The van der Waals surface area contributed by atoms with E-state index in [0.29, 0.717) is 6.54 Å². The van der Waals surface area contributed by atoms with E-state index in [9.17, 15) is 0 Å². The van der Waals surface area contributed by atoms with Crippen molar-refractivity contribution in [3.63, 3.8) is 0 Å². The van der Waals surface area contributed by atoms with Gasteiger partial charge >= 0.3 is 0 Å². The van der Waals surface area contributed by atoms with Crippen molar-refractivity contribution < 1.29 is 0 Å². The van der Waals surface area contributed by atoms with Crippen LogP contribution in [0, 0.1) is 13.8 Å².